The van der Waals surface area contributed by atoms with Gasteiger partial charge in [0.05, 0.1) is 5.75 Å². The van der Waals surface area contributed by atoms with Gasteiger partial charge in [-0.3, -0.25) is 4.79 Å². The topological polar surface area (TPSA) is 59.2 Å². The van der Waals surface area contributed by atoms with Gasteiger partial charge < -0.3 is 9.42 Å². The largest absolute Gasteiger partial charge is 0.342 e. The monoisotopic (exact) mass is 417 g/mol. The highest BCUT2D eigenvalue weighted by Gasteiger charge is 2.25. The number of amides is 1. The average molecular weight is 418 g/mol. The number of piperidine rings is 1. The number of nitrogens with zero attached hydrogens (tertiary/aromatic N) is 3. The second-order valence-corrected chi connectivity index (χ2v) is 8.65. The molecule has 8 heteroatoms. The first-order valence-corrected chi connectivity index (χ1v) is 11.1. The zero-order chi connectivity index (χ0) is 19.3. The van der Waals surface area contributed by atoms with E-state index in [1.54, 1.807) is 23.5 Å². The highest BCUT2D eigenvalue weighted by molar-refractivity contribution is 8.00. The lowest BCUT2D eigenvalue weighted by molar-refractivity contribution is -0.130. The second-order valence-electron chi connectivity index (χ2n) is 6.82. The fourth-order valence-electron chi connectivity index (χ4n) is 3.32. The van der Waals surface area contributed by atoms with Crippen molar-refractivity contribution in [3.05, 3.63) is 52.8 Å². The predicted octanol–water partition coefficient (Wildman–Crippen LogP) is 4.51. The summed E-state index contributed by atoms with van der Waals surface area (Å²) in [5.74, 6) is 1.78. The number of thiophene rings is 1. The maximum Gasteiger partial charge on any atom is 0.232 e. The van der Waals surface area contributed by atoms with E-state index in [1.807, 2.05) is 21.7 Å². The zero-order valence-corrected chi connectivity index (χ0v) is 16.8. The van der Waals surface area contributed by atoms with Gasteiger partial charge in [0.2, 0.25) is 17.6 Å². The van der Waals surface area contributed by atoms with Gasteiger partial charge in [0.25, 0.3) is 0 Å². The van der Waals surface area contributed by atoms with Gasteiger partial charge in [0, 0.05) is 35.3 Å². The molecule has 1 unspecified atom stereocenters. The Morgan fingerprint density at radius 3 is 2.96 bits per heavy atom. The molecule has 1 aromatic carbocycles. The number of hydrogen-bond acceptors (Lipinski definition) is 6. The van der Waals surface area contributed by atoms with E-state index in [0.717, 1.165) is 29.8 Å². The quantitative estimate of drug-likeness (QED) is 0.552. The molecular formula is C20H20FN3O2S2. The number of likely N-dealkylation sites (tertiary alicyclic amines) is 1. The molecule has 28 heavy (non-hydrogen) atoms. The number of thioether (sulfide) groups is 1. The maximum atomic E-state index is 13.0. The molecule has 1 atom stereocenters. The molecule has 0 bridgehead atoms. The van der Waals surface area contributed by atoms with Gasteiger partial charge in [-0.15, -0.1) is 11.8 Å². The molecule has 0 N–H and O–H groups in total. The van der Waals surface area contributed by atoms with E-state index in [4.69, 9.17) is 4.52 Å². The Hall–Kier alpha value is -2.19. The Kier molecular flexibility index (Phi) is 6.07. The predicted molar refractivity (Wildman–Crippen MR) is 108 cm³/mol. The number of halogens is 1. The Balaban J connectivity index is 1.30. The summed E-state index contributed by atoms with van der Waals surface area (Å²) >= 11 is 3.04. The average Bonchev–Trinajstić information content (AvgIpc) is 3.39. The van der Waals surface area contributed by atoms with Crippen molar-refractivity contribution in [2.75, 3.05) is 18.8 Å². The van der Waals surface area contributed by atoms with E-state index in [0.29, 0.717) is 36.4 Å². The molecule has 4 rings (SSSR count). The highest BCUT2D eigenvalue weighted by atomic mass is 32.2. The molecule has 0 aliphatic carbocycles. The van der Waals surface area contributed by atoms with Gasteiger partial charge in [0.1, 0.15) is 5.82 Å². The fraction of sp³-hybridized carbons (Fsp3) is 0.350. The molecule has 3 heterocycles. The molecule has 146 valence electrons. The van der Waals surface area contributed by atoms with Crippen molar-refractivity contribution in [1.29, 1.82) is 0 Å². The van der Waals surface area contributed by atoms with Gasteiger partial charge in [-0.1, -0.05) is 5.16 Å². The standard InChI is InChI=1S/C20H20FN3O2S2/c21-16-3-5-17(6-4-16)28-13-19(25)24-8-1-2-14(11-24)10-18-22-20(23-26-18)15-7-9-27-12-15/h3-7,9,12,14H,1-2,8,10-11,13H2. The van der Waals surface area contributed by atoms with Gasteiger partial charge in [-0.05, 0) is 54.5 Å². The SMILES string of the molecule is O=C(CSc1ccc(F)cc1)N1CCCC(Cc2nc(-c3ccsc3)no2)C1. The van der Waals surface area contributed by atoms with Crippen LogP contribution in [0.15, 0.2) is 50.5 Å². The van der Waals surface area contributed by atoms with Crippen LogP contribution in [-0.2, 0) is 11.2 Å². The summed E-state index contributed by atoms with van der Waals surface area (Å²) in [5.41, 5.74) is 0.971. The summed E-state index contributed by atoms with van der Waals surface area (Å²) in [6.45, 7) is 1.49. The van der Waals surface area contributed by atoms with Crippen molar-refractivity contribution in [2.24, 2.45) is 5.92 Å². The first-order chi connectivity index (χ1) is 13.7. The van der Waals surface area contributed by atoms with Crippen molar-refractivity contribution in [3.63, 3.8) is 0 Å². The van der Waals surface area contributed by atoms with Crippen LogP contribution in [0.5, 0.6) is 0 Å². The summed E-state index contributed by atoms with van der Waals surface area (Å²) in [7, 11) is 0. The number of carbonyl (C=O) groups is 1. The van der Waals surface area contributed by atoms with Crippen molar-refractivity contribution in [1.82, 2.24) is 15.0 Å². The molecule has 1 fully saturated rings. The molecule has 0 saturated carbocycles. The minimum Gasteiger partial charge on any atom is -0.342 e. The first-order valence-electron chi connectivity index (χ1n) is 9.18. The van der Waals surface area contributed by atoms with E-state index in [-0.39, 0.29) is 11.7 Å². The van der Waals surface area contributed by atoms with Crippen LogP contribution in [0.25, 0.3) is 11.4 Å². The minimum atomic E-state index is -0.266. The lowest BCUT2D eigenvalue weighted by Crippen LogP contribution is -2.41. The van der Waals surface area contributed by atoms with Crippen LogP contribution in [0, 0.1) is 11.7 Å². The van der Waals surface area contributed by atoms with Crippen molar-refractivity contribution in [2.45, 2.75) is 24.2 Å². The van der Waals surface area contributed by atoms with Gasteiger partial charge in [-0.2, -0.15) is 16.3 Å². The minimum absolute atomic E-state index is 0.114. The van der Waals surface area contributed by atoms with Crippen LogP contribution in [0.1, 0.15) is 18.7 Å². The lowest BCUT2D eigenvalue weighted by Gasteiger charge is -2.32. The number of rotatable bonds is 6. The highest BCUT2D eigenvalue weighted by Crippen LogP contribution is 2.25. The molecule has 1 saturated heterocycles. The Morgan fingerprint density at radius 1 is 1.32 bits per heavy atom. The van der Waals surface area contributed by atoms with E-state index < -0.39 is 0 Å². The third-order valence-corrected chi connectivity index (χ3v) is 6.44. The molecule has 1 aliphatic rings. The molecule has 1 aliphatic heterocycles. The van der Waals surface area contributed by atoms with Crippen LogP contribution in [-0.4, -0.2) is 39.8 Å². The molecule has 0 radical (unpaired) electrons. The van der Waals surface area contributed by atoms with Crippen LogP contribution >= 0.6 is 23.1 Å². The molecule has 5 nitrogen and oxygen atoms in total. The number of carbonyl (C=O) groups excluding carboxylic acids is 1. The van der Waals surface area contributed by atoms with E-state index in [9.17, 15) is 9.18 Å². The number of hydrogen-bond donors (Lipinski definition) is 0. The van der Waals surface area contributed by atoms with E-state index in [2.05, 4.69) is 10.1 Å². The van der Waals surface area contributed by atoms with Crippen molar-refractivity contribution < 1.29 is 13.7 Å². The first kappa shape index (κ1) is 19.1. The van der Waals surface area contributed by atoms with Gasteiger partial charge in [-0.25, -0.2) is 4.39 Å². The molecule has 2 aromatic heterocycles. The van der Waals surface area contributed by atoms with Crippen LogP contribution in [0.3, 0.4) is 0 Å². The van der Waals surface area contributed by atoms with Crippen molar-refractivity contribution >= 4 is 29.0 Å². The van der Waals surface area contributed by atoms with E-state index >= 15 is 0 Å². The Labute approximate surface area is 170 Å². The molecular weight excluding hydrogens is 397 g/mol. The van der Waals surface area contributed by atoms with E-state index in [1.165, 1.54) is 23.9 Å². The summed E-state index contributed by atoms with van der Waals surface area (Å²) in [6.07, 6.45) is 2.71. The summed E-state index contributed by atoms with van der Waals surface area (Å²) < 4.78 is 18.4. The Morgan fingerprint density at radius 2 is 2.18 bits per heavy atom. The lowest BCUT2D eigenvalue weighted by atomic mass is 9.95. The van der Waals surface area contributed by atoms with Crippen LogP contribution < -0.4 is 0 Å². The van der Waals surface area contributed by atoms with Crippen molar-refractivity contribution in [3.8, 4) is 11.4 Å². The third kappa shape index (κ3) is 4.80. The molecule has 3 aromatic rings. The summed E-state index contributed by atoms with van der Waals surface area (Å²) in [5, 5.41) is 8.04. The molecule has 0 spiro atoms. The summed E-state index contributed by atoms with van der Waals surface area (Å²) in [6, 6.07) is 8.20. The summed E-state index contributed by atoms with van der Waals surface area (Å²) in [4.78, 5) is 19.9. The third-order valence-electron chi connectivity index (χ3n) is 4.76. The zero-order valence-electron chi connectivity index (χ0n) is 15.2. The fourth-order valence-corrected chi connectivity index (χ4v) is 4.75. The van der Waals surface area contributed by atoms with Crippen LogP contribution in [0.4, 0.5) is 4.39 Å². The van der Waals surface area contributed by atoms with Crippen LogP contribution in [0.2, 0.25) is 0 Å². The number of benzene rings is 1. The second kappa shape index (κ2) is 8.87. The molecule has 1 amide bonds. The normalized spacial score (nSPS) is 17.0. The number of aromatic nitrogens is 2. The maximum absolute atomic E-state index is 13.0. The smallest absolute Gasteiger partial charge is 0.232 e. The van der Waals surface area contributed by atoms with Gasteiger partial charge in [0.15, 0.2) is 0 Å². The Bertz CT molecular complexity index is 912. The van der Waals surface area contributed by atoms with Gasteiger partial charge >= 0.3 is 0 Å².